The van der Waals surface area contributed by atoms with Crippen LogP contribution in [0.2, 0.25) is 0 Å². The maximum absolute atomic E-state index is 12.0. The fourth-order valence-corrected chi connectivity index (χ4v) is 4.46. The zero-order valence-corrected chi connectivity index (χ0v) is 18.9. The minimum atomic E-state index is -1.25. The van der Waals surface area contributed by atoms with Gasteiger partial charge >= 0.3 is 0 Å². The standard InChI is InChI=1S/C26H26N4O5/c31-22(10-11-23(32)33)28-20-14-34-25-21(15-35-24(20)25)30-26-27-13-12-19(29-26)18-8-6-17(7-9-18)16-4-2-1-3-5-16/h1-9,12-13,20-21,24-25H,10-11,14-15H2,(H,28,31)(H,32,33)(H,27,29,30)/p-1/t20-,21-,24+,25+/m0/s1. The number of carbonyl (C=O) groups is 2. The Bertz CT molecular complexity index is 1190. The Hall–Kier alpha value is -3.82. The van der Waals surface area contributed by atoms with Gasteiger partial charge in [0.25, 0.3) is 0 Å². The summed E-state index contributed by atoms with van der Waals surface area (Å²) in [5, 5.41) is 16.7. The Morgan fingerprint density at radius 2 is 1.51 bits per heavy atom. The lowest BCUT2D eigenvalue weighted by molar-refractivity contribution is -0.305. The average molecular weight is 474 g/mol. The van der Waals surface area contributed by atoms with Crippen LogP contribution in [-0.4, -0.2) is 59.3 Å². The van der Waals surface area contributed by atoms with Crippen LogP contribution in [0.4, 0.5) is 5.95 Å². The number of amides is 1. The fourth-order valence-electron chi connectivity index (χ4n) is 4.46. The second-order valence-electron chi connectivity index (χ2n) is 8.60. The first-order chi connectivity index (χ1) is 17.1. The van der Waals surface area contributed by atoms with Crippen molar-refractivity contribution in [3.8, 4) is 22.4 Å². The maximum atomic E-state index is 12.0. The predicted molar refractivity (Wildman–Crippen MR) is 126 cm³/mol. The van der Waals surface area contributed by atoms with Crippen LogP contribution >= 0.6 is 0 Å². The smallest absolute Gasteiger partial charge is 0.223 e. The second kappa shape index (κ2) is 10.2. The molecule has 0 aliphatic carbocycles. The van der Waals surface area contributed by atoms with E-state index in [0.717, 1.165) is 22.4 Å². The van der Waals surface area contributed by atoms with Crippen molar-refractivity contribution < 1.29 is 24.2 Å². The van der Waals surface area contributed by atoms with E-state index >= 15 is 0 Å². The Labute approximate surface area is 202 Å². The van der Waals surface area contributed by atoms with Gasteiger partial charge in [-0.3, -0.25) is 4.79 Å². The molecule has 2 saturated heterocycles. The summed E-state index contributed by atoms with van der Waals surface area (Å²) in [6.07, 6.45) is 0.650. The molecular weight excluding hydrogens is 448 g/mol. The van der Waals surface area contributed by atoms with Crippen LogP contribution in [-0.2, 0) is 19.1 Å². The quantitative estimate of drug-likeness (QED) is 0.503. The molecule has 9 heteroatoms. The average Bonchev–Trinajstić information content (AvgIpc) is 3.47. The molecule has 3 aromatic rings. The van der Waals surface area contributed by atoms with Crippen LogP contribution in [0.25, 0.3) is 22.4 Å². The van der Waals surface area contributed by atoms with Crippen molar-refractivity contribution in [1.29, 1.82) is 0 Å². The number of carboxylic acids is 1. The number of fused-ring (bicyclic) bond motifs is 1. The van der Waals surface area contributed by atoms with Crippen LogP contribution in [0.1, 0.15) is 12.8 Å². The molecule has 2 fully saturated rings. The Balaban J connectivity index is 1.21. The molecule has 1 amide bonds. The molecule has 0 bridgehead atoms. The van der Waals surface area contributed by atoms with Gasteiger partial charge < -0.3 is 30.0 Å². The van der Waals surface area contributed by atoms with E-state index in [9.17, 15) is 14.7 Å². The summed E-state index contributed by atoms with van der Waals surface area (Å²) in [5.74, 6) is -1.15. The zero-order chi connectivity index (χ0) is 24.2. The minimum Gasteiger partial charge on any atom is -0.550 e. The molecule has 4 atom stereocenters. The van der Waals surface area contributed by atoms with E-state index in [2.05, 4.69) is 44.9 Å². The third-order valence-corrected chi connectivity index (χ3v) is 6.21. The molecule has 0 unspecified atom stereocenters. The van der Waals surface area contributed by atoms with E-state index in [1.807, 2.05) is 36.4 Å². The molecule has 1 aromatic heterocycles. The molecule has 35 heavy (non-hydrogen) atoms. The van der Waals surface area contributed by atoms with E-state index < -0.39 is 5.97 Å². The first-order valence-corrected chi connectivity index (χ1v) is 11.5. The number of carboxylic acid groups (broad SMARTS) is 1. The van der Waals surface area contributed by atoms with Crippen LogP contribution in [0.3, 0.4) is 0 Å². The lowest BCUT2D eigenvalue weighted by atomic mass is 10.0. The SMILES string of the molecule is O=C([O-])CCC(=O)N[C@H]1CO[C@H]2[C@@H]1OC[C@@H]2Nc1nccc(-c2ccc(-c3ccccc3)cc2)n1. The predicted octanol–water partition coefficient (Wildman–Crippen LogP) is 1.40. The molecule has 9 nitrogen and oxygen atoms in total. The Morgan fingerprint density at radius 3 is 2.26 bits per heavy atom. The van der Waals surface area contributed by atoms with E-state index in [-0.39, 0.29) is 43.0 Å². The molecule has 0 spiro atoms. The van der Waals surface area contributed by atoms with Gasteiger partial charge in [0.05, 0.1) is 31.0 Å². The topological polar surface area (TPSA) is 126 Å². The van der Waals surface area contributed by atoms with Crippen molar-refractivity contribution in [3.05, 3.63) is 66.9 Å². The number of hydrogen-bond donors (Lipinski definition) is 2. The Morgan fingerprint density at radius 1 is 0.857 bits per heavy atom. The third kappa shape index (κ3) is 5.31. The highest BCUT2D eigenvalue weighted by Crippen LogP contribution is 2.29. The normalized spacial score (nSPS) is 23.0. The number of benzene rings is 2. The van der Waals surface area contributed by atoms with Crippen LogP contribution in [0, 0.1) is 0 Å². The van der Waals surface area contributed by atoms with Crippen molar-refractivity contribution in [2.75, 3.05) is 18.5 Å². The lowest BCUT2D eigenvalue weighted by Crippen LogP contribution is -2.45. The van der Waals surface area contributed by atoms with E-state index in [0.29, 0.717) is 19.2 Å². The molecule has 3 heterocycles. The number of anilines is 1. The first kappa shape index (κ1) is 22.9. The molecule has 0 saturated carbocycles. The fraction of sp³-hybridized carbons (Fsp3) is 0.308. The molecule has 2 aromatic carbocycles. The van der Waals surface area contributed by atoms with Crippen molar-refractivity contribution in [2.45, 2.75) is 37.1 Å². The monoisotopic (exact) mass is 473 g/mol. The summed E-state index contributed by atoms with van der Waals surface area (Å²) >= 11 is 0. The van der Waals surface area contributed by atoms with Gasteiger partial charge in [0.1, 0.15) is 12.2 Å². The highest BCUT2D eigenvalue weighted by Gasteiger charge is 2.48. The molecule has 5 rings (SSSR count). The molecule has 2 aliphatic rings. The van der Waals surface area contributed by atoms with Gasteiger partial charge in [-0.15, -0.1) is 0 Å². The van der Waals surface area contributed by atoms with Crippen LogP contribution in [0.5, 0.6) is 0 Å². The number of nitrogens with one attached hydrogen (secondary N) is 2. The number of nitrogens with zero attached hydrogens (tertiary/aromatic N) is 2. The molecular formula is C26H25N4O5-. The highest BCUT2D eigenvalue weighted by atomic mass is 16.6. The second-order valence-corrected chi connectivity index (χ2v) is 8.60. The maximum Gasteiger partial charge on any atom is 0.223 e. The summed E-state index contributed by atoms with van der Waals surface area (Å²) in [6, 6.07) is 19.8. The summed E-state index contributed by atoms with van der Waals surface area (Å²) < 4.78 is 11.8. The van der Waals surface area contributed by atoms with E-state index in [4.69, 9.17) is 9.47 Å². The number of rotatable bonds is 8. The van der Waals surface area contributed by atoms with E-state index in [1.54, 1.807) is 6.20 Å². The Kier molecular flexibility index (Phi) is 6.69. The number of aliphatic carboxylic acids is 1. The van der Waals surface area contributed by atoms with E-state index in [1.165, 1.54) is 0 Å². The number of carbonyl (C=O) groups excluding carboxylic acids is 2. The van der Waals surface area contributed by atoms with Gasteiger partial charge in [-0.05, 0) is 23.6 Å². The van der Waals surface area contributed by atoms with Crippen molar-refractivity contribution in [2.24, 2.45) is 0 Å². The molecule has 2 N–H and O–H groups in total. The number of aromatic nitrogens is 2. The number of ether oxygens (including phenoxy) is 2. The first-order valence-electron chi connectivity index (χ1n) is 11.5. The van der Waals surface area contributed by atoms with Gasteiger partial charge in [-0.1, -0.05) is 54.6 Å². The van der Waals surface area contributed by atoms with Gasteiger partial charge in [-0.25, -0.2) is 9.97 Å². The van der Waals surface area contributed by atoms with Crippen molar-refractivity contribution >= 4 is 17.8 Å². The third-order valence-electron chi connectivity index (χ3n) is 6.21. The van der Waals surface area contributed by atoms with Gasteiger partial charge in [0, 0.05) is 24.2 Å². The van der Waals surface area contributed by atoms with Crippen LogP contribution < -0.4 is 15.7 Å². The molecule has 2 aliphatic heterocycles. The lowest BCUT2D eigenvalue weighted by Gasteiger charge is -2.18. The summed E-state index contributed by atoms with van der Waals surface area (Å²) in [5.41, 5.74) is 4.07. The summed E-state index contributed by atoms with van der Waals surface area (Å²) in [7, 11) is 0. The van der Waals surface area contributed by atoms with Crippen molar-refractivity contribution in [1.82, 2.24) is 15.3 Å². The summed E-state index contributed by atoms with van der Waals surface area (Å²) in [6.45, 7) is 0.666. The number of hydrogen-bond acceptors (Lipinski definition) is 8. The van der Waals surface area contributed by atoms with Gasteiger partial charge in [0.2, 0.25) is 11.9 Å². The van der Waals surface area contributed by atoms with Gasteiger partial charge in [0.15, 0.2) is 0 Å². The summed E-state index contributed by atoms with van der Waals surface area (Å²) in [4.78, 5) is 31.6. The molecule has 180 valence electrons. The highest BCUT2D eigenvalue weighted by molar-refractivity contribution is 5.80. The minimum absolute atomic E-state index is 0.134. The largest absolute Gasteiger partial charge is 0.550 e. The molecule has 0 radical (unpaired) electrons. The van der Waals surface area contributed by atoms with Crippen LogP contribution in [0.15, 0.2) is 66.9 Å². The van der Waals surface area contributed by atoms with Crippen molar-refractivity contribution in [3.63, 3.8) is 0 Å². The zero-order valence-electron chi connectivity index (χ0n) is 18.9. The van der Waals surface area contributed by atoms with Gasteiger partial charge in [-0.2, -0.15) is 0 Å².